The first-order chi connectivity index (χ1) is 11.8. The van der Waals surface area contributed by atoms with Crippen molar-refractivity contribution in [1.82, 2.24) is 20.2 Å². The number of hydrogen-bond acceptors (Lipinski definition) is 7. The molecule has 2 fully saturated rings. The van der Waals surface area contributed by atoms with Crippen LogP contribution in [-0.2, 0) is 9.84 Å². The number of sulfone groups is 1. The van der Waals surface area contributed by atoms with Crippen molar-refractivity contribution in [3.63, 3.8) is 0 Å². The van der Waals surface area contributed by atoms with Gasteiger partial charge in [-0.2, -0.15) is 0 Å². The van der Waals surface area contributed by atoms with Crippen molar-refractivity contribution >= 4 is 21.7 Å². The van der Waals surface area contributed by atoms with Crippen LogP contribution in [0.15, 0.2) is 6.20 Å². The van der Waals surface area contributed by atoms with E-state index in [0.29, 0.717) is 28.8 Å². The summed E-state index contributed by atoms with van der Waals surface area (Å²) in [5, 5.41) is 3.05. The number of nitrogens with one attached hydrogen (secondary N) is 1. The van der Waals surface area contributed by atoms with E-state index in [4.69, 9.17) is 5.73 Å². The van der Waals surface area contributed by atoms with E-state index in [1.807, 2.05) is 0 Å². The van der Waals surface area contributed by atoms with Crippen LogP contribution in [0, 0.1) is 6.92 Å². The molecule has 25 heavy (non-hydrogen) atoms. The number of nitrogens with two attached hydrogens (primary N) is 1. The van der Waals surface area contributed by atoms with Gasteiger partial charge in [0.2, 0.25) is 5.95 Å². The van der Waals surface area contributed by atoms with Gasteiger partial charge in [0.1, 0.15) is 9.84 Å². The van der Waals surface area contributed by atoms with Crippen LogP contribution in [0.1, 0.15) is 41.7 Å². The third-order valence-corrected chi connectivity index (χ3v) is 6.86. The molecule has 2 aliphatic heterocycles. The second-order valence-electron chi connectivity index (χ2n) is 6.89. The first-order valence-electron chi connectivity index (χ1n) is 8.68. The van der Waals surface area contributed by atoms with E-state index >= 15 is 0 Å². The third kappa shape index (κ3) is 4.46. The van der Waals surface area contributed by atoms with Crippen LogP contribution in [0.25, 0.3) is 0 Å². The van der Waals surface area contributed by atoms with Crippen LogP contribution in [0.5, 0.6) is 0 Å². The molecule has 0 unspecified atom stereocenters. The highest BCUT2D eigenvalue weighted by molar-refractivity contribution is 7.91. The fourth-order valence-corrected chi connectivity index (χ4v) is 5.09. The molecule has 0 atom stereocenters. The number of anilines is 1. The lowest BCUT2D eigenvalue weighted by atomic mass is 10.0. The average molecular weight is 367 g/mol. The molecule has 1 amide bonds. The fourth-order valence-electron chi connectivity index (χ4n) is 3.62. The molecule has 9 heteroatoms. The predicted molar refractivity (Wildman–Crippen MR) is 94.9 cm³/mol. The average Bonchev–Trinajstić information content (AvgIpc) is 2.55. The van der Waals surface area contributed by atoms with Crippen molar-refractivity contribution in [2.24, 2.45) is 0 Å². The first-order valence-corrected chi connectivity index (χ1v) is 10.5. The number of aromatic nitrogens is 2. The molecule has 0 radical (unpaired) electrons. The molecule has 1 aromatic heterocycles. The van der Waals surface area contributed by atoms with Gasteiger partial charge in [0, 0.05) is 31.4 Å². The summed E-state index contributed by atoms with van der Waals surface area (Å²) < 4.78 is 23.1. The number of amides is 1. The number of carbonyl (C=O) groups is 1. The molecule has 2 aliphatic rings. The Morgan fingerprint density at radius 1 is 1.24 bits per heavy atom. The largest absolute Gasteiger partial charge is 0.368 e. The number of nitrogen functional groups attached to an aromatic ring is 1. The SMILES string of the molecule is Cc1nc(N)ncc1C(=O)NC1CCN(C2CCS(=O)(=O)CC2)CC1. The van der Waals surface area contributed by atoms with Crippen molar-refractivity contribution in [3.05, 3.63) is 17.5 Å². The molecule has 3 N–H and O–H groups in total. The van der Waals surface area contributed by atoms with Gasteiger partial charge in [-0.25, -0.2) is 18.4 Å². The van der Waals surface area contributed by atoms with Crippen LogP contribution in [0.4, 0.5) is 5.95 Å². The van der Waals surface area contributed by atoms with Gasteiger partial charge in [-0.15, -0.1) is 0 Å². The predicted octanol–water partition coefficient (Wildman–Crippen LogP) is 0.139. The zero-order chi connectivity index (χ0) is 18.0. The summed E-state index contributed by atoms with van der Waals surface area (Å²) in [5.74, 6) is 0.590. The van der Waals surface area contributed by atoms with Gasteiger partial charge >= 0.3 is 0 Å². The Morgan fingerprint density at radius 3 is 2.48 bits per heavy atom. The van der Waals surface area contributed by atoms with Crippen molar-refractivity contribution in [1.29, 1.82) is 0 Å². The summed E-state index contributed by atoms with van der Waals surface area (Å²) in [5.41, 5.74) is 6.55. The Morgan fingerprint density at radius 2 is 1.88 bits per heavy atom. The Labute approximate surface area is 148 Å². The van der Waals surface area contributed by atoms with Crippen LogP contribution >= 0.6 is 0 Å². The first kappa shape index (κ1) is 18.1. The van der Waals surface area contributed by atoms with Gasteiger partial charge in [0.15, 0.2) is 0 Å². The van der Waals surface area contributed by atoms with E-state index in [2.05, 4.69) is 20.2 Å². The Balaban J connectivity index is 1.50. The van der Waals surface area contributed by atoms with E-state index in [1.54, 1.807) is 6.92 Å². The minimum Gasteiger partial charge on any atom is -0.368 e. The van der Waals surface area contributed by atoms with E-state index in [9.17, 15) is 13.2 Å². The van der Waals surface area contributed by atoms with E-state index in [0.717, 1.165) is 38.8 Å². The lowest BCUT2D eigenvalue weighted by Crippen LogP contribution is -2.49. The maximum atomic E-state index is 12.4. The molecule has 0 aromatic carbocycles. The highest BCUT2D eigenvalue weighted by Gasteiger charge is 2.31. The second-order valence-corrected chi connectivity index (χ2v) is 9.20. The zero-order valence-corrected chi connectivity index (χ0v) is 15.3. The van der Waals surface area contributed by atoms with Crippen LogP contribution in [-0.4, -0.2) is 65.9 Å². The minimum atomic E-state index is -2.82. The minimum absolute atomic E-state index is 0.119. The van der Waals surface area contributed by atoms with Gasteiger partial charge in [-0.05, 0) is 32.6 Å². The maximum absolute atomic E-state index is 12.4. The topological polar surface area (TPSA) is 118 Å². The van der Waals surface area contributed by atoms with Gasteiger partial charge < -0.3 is 16.0 Å². The lowest BCUT2D eigenvalue weighted by molar-refractivity contribution is 0.0884. The highest BCUT2D eigenvalue weighted by Crippen LogP contribution is 2.22. The van der Waals surface area contributed by atoms with Gasteiger partial charge in [0.05, 0.1) is 22.8 Å². The van der Waals surface area contributed by atoms with E-state index < -0.39 is 9.84 Å². The van der Waals surface area contributed by atoms with Crippen molar-refractivity contribution in [2.75, 3.05) is 30.3 Å². The molecule has 0 spiro atoms. The quantitative estimate of drug-likeness (QED) is 0.780. The van der Waals surface area contributed by atoms with Gasteiger partial charge in [-0.1, -0.05) is 0 Å². The summed E-state index contributed by atoms with van der Waals surface area (Å²) in [7, 11) is -2.82. The number of carbonyl (C=O) groups excluding carboxylic acids is 1. The Kier molecular flexibility index (Phi) is 5.24. The summed E-state index contributed by atoms with van der Waals surface area (Å²) in [6.45, 7) is 3.51. The summed E-state index contributed by atoms with van der Waals surface area (Å²) in [6.07, 6.45) is 4.64. The number of rotatable bonds is 3. The van der Waals surface area contributed by atoms with Crippen molar-refractivity contribution in [3.8, 4) is 0 Å². The molecule has 0 saturated carbocycles. The summed E-state index contributed by atoms with van der Waals surface area (Å²) in [4.78, 5) is 22.7. The lowest BCUT2D eigenvalue weighted by Gasteiger charge is -2.39. The summed E-state index contributed by atoms with van der Waals surface area (Å²) in [6, 6.07) is 0.473. The van der Waals surface area contributed by atoms with Gasteiger partial charge in [-0.3, -0.25) is 4.79 Å². The summed E-state index contributed by atoms with van der Waals surface area (Å²) >= 11 is 0. The molecule has 0 bridgehead atoms. The van der Waals surface area contributed by atoms with Gasteiger partial charge in [0.25, 0.3) is 5.91 Å². The Bertz CT molecular complexity index is 730. The number of aryl methyl sites for hydroxylation is 1. The molecular weight excluding hydrogens is 342 g/mol. The molecular formula is C16H25N5O3S. The standard InChI is InChI=1S/C16H25N5O3S/c1-11-14(10-18-16(17)19-11)15(22)20-12-2-6-21(7-3-12)13-4-8-25(23,24)9-5-13/h10,12-13H,2-9H2,1H3,(H,20,22)(H2,17,18,19). The van der Waals surface area contributed by atoms with Crippen molar-refractivity contribution in [2.45, 2.75) is 44.7 Å². The number of hydrogen-bond donors (Lipinski definition) is 2. The van der Waals surface area contributed by atoms with E-state index in [1.165, 1.54) is 6.20 Å². The number of likely N-dealkylation sites (tertiary alicyclic amines) is 1. The molecule has 2 saturated heterocycles. The highest BCUT2D eigenvalue weighted by atomic mass is 32.2. The Hall–Kier alpha value is -1.74. The smallest absolute Gasteiger partial charge is 0.254 e. The third-order valence-electron chi connectivity index (χ3n) is 5.15. The molecule has 3 rings (SSSR count). The molecule has 3 heterocycles. The normalized spacial score (nSPS) is 22.6. The maximum Gasteiger partial charge on any atom is 0.254 e. The molecule has 138 valence electrons. The second kappa shape index (κ2) is 7.25. The van der Waals surface area contributed by atoms with Crippen LogP contribution in [0.2, 0.25) is 0 Å². The van der Waals surface area contributed by atoms with Crippen LogP contribution < -0.4 is 11.1 Å². The molecule has 0 aliphatic carbocycles. The fraction of sp³-hybridized carbons (Fsp3) is 0.688. The molecule has 8 nitrogen and oxygen atoms in total. The molecule has 1 aromatic rings. The number of nitrogens with zero attached hydrogens (tertiary/aromatic N) is 3. The monoisotopic (exact) mass is 367 g/mol. The van der Waals surface area contributed by atoms with Crippen LogP contribution in [0.3, 0.4) is 0 Å². The van der Waals surface area contributed by atoms with Crippen molar-refractivity contribution < 1.29 is 13.2 Å². The number of piperidine rings is 1. The van der Waals surface area contributed by atoms with E-state index in [-0.39, 0.29) is 17.9 Å². The zero-order valence-electron chi connectivity index (χ0n) is 14.4.